The van der Waals surface area contributed by atoms with Crippen molar-refractivity contribution in [1.82, 2.24) is 4.98 Å². The lowest BCUT2D eigenvalue weighted by Crippen LogP contribution is -2.22. The first-order valence-corrected chi connectivity index (χ1v) is 7.26. The van der Waals surface area contributed by atoms with E-state index in [0.717, 1.165) is 12.1 Å². The highest BCUT2D eigenvalue weighted by Gasteiger charge is 2.19. The van der Waals surface area contributed by atoms with Crippen molar-refractivity contribution in [2.45, 2.75) is 0 Å². The van der Waals surface area contributed by atoms with E-state index in [1.807, 2.05) is 0 Å². The Balaban J connectivity index is 2.03. The third kappa shape index (κ3) is 4.85. The van der Waals surface area contributed by atoms with Crippen LogP contribution in [0.1, 0.15) is 10.5 Å². The third-order valence-electron chi connectivity index (χ3n) is 2.77. The van der Waals surface area contributed by atoms with Crippen LogP contribution in [-0.2, 0) is 9.53 Å². The summed E-state index contributed by atoms with van der Waals surface area (Å²) in [5.74, 6) is -2.71. The highest BCUT2D eigenvalue weighted by molar-refractivity contribution is 6.34. The van der Waals surface area contributed by atoms with E-state index in [2.05, 4.69) is 10.3 Å². The van der Waals surface area contributed by atoms with E-state index in [9.17, 15) is 24.1 Å². The number of benzene rings is 1. The lowest BCUT2D eigenvalue weighted by molar-refractivity contribution is -0.384. The van der Waals surface area contributed by atoms with Crippen molar-refractivity contribution < 1.29 is 23.6 Å². The highest BCUT2D eigenvalue weighted by Crippen LogP contribution is 2.25. The van der Waals surface area contributed by atoms with Crippen molar-refractivity contribution in [3.05, 3.63) is 62.1 Å². The molecule has 0 aliphatic heterocycles. The van der Waals surface area contributed by atoms with Crippen molar-refractivity contribution in [3.63, 3.8) is 0 Å². The molecule has 1 amide bonds. The highest BCUT2D eigenvalue weighted by atomic mass is 35.5. The van der Waals surface area contributed by atoms with Crippen LogP contribution in [0.4, 0.5) is 15.8 Å². The molecule has 0 unspecified atom stereocenters. The number of pyridine rings is 1. The summed E-state index contributed by atoms with van der Waals surface area (Å²) >= 11 is 11.4. The molecule has 25 heavy (non-hydrogen) atoms. The number of nitrogens with one attached hydrogen (secondary N) is 1. The number of anilines is 1. The van der Waals surface area contributed by atoms with E-state index in [1.165, 1.54) is 12.1 Å². The van der Waals surface area contributed by atoms with E-state index in [-0.39, 0.29) is 21.6 Å². The molecule has 11 heteroatoms. The second-order valence-electron chi connectivity index (χ2n) is 4.51. The summed E-state index contributed by atoms with van der Waals surface area (Å²) in [7, 11) is 0. The molecule has 0 bridgehead atoms. The maximum atomic E-state index is 13.0. The molecular weight excluding hydrogens is 380 g/mol. The second-order valence-corrected chi connectivity index (χ2v) is 5.30. The summed E-state index contributed by atoms with van der Waals surface area (Å²) in [4.78, 5) is 37.3. The number of halogens is 3. The maximum absolute atomic E-state index is 13.0. The summed E-state index contributed by atoms with van der Waals surface area (Å²) < 4.78 is 17.8. The zero-order chi connectivity index (χ0) is 18.6. The normalized spacial score (nSPS) is 10.2. The smallest absolute Gasteiger partial charge is 0.359 e. The standard InChI is InChI=1S/C14H8Cl2FN3O5/c15-8-2-4-11(16)19-13(8)14(22)25-6-12(21)18-9-3-1-7(17)5-10(9)20(23)24/h1-5H,6H2,(H,18,21). The number of carbonyl (C=O) groups is 2. The predicted molar refractivity (Wildman–Crippen MR) is 86.2 cm³/mol. The van der Waals surface area contributed by atoms with Crippen molar-refractivity contribution in [1.29, 1.82) is 0 Å². The van der Waals surface area contributed by atoms with E-state index in [1.54, 1.807) is 0 Å². The Morgan fingerprint density at radius 2 is 2.00 bits per heavy atom. The van der Waals surface area contributed by atoms with Gasteiger partial charge in [-0.3, -0.25) is 14.9 Å². The number of aromatic nitrogens is 1. The average molecular weight is 388 g/mol. The maximum Gasteiger partial charge on any atom is 0.359 e. The molecule has 0 saturated heterocycles. The number of esters is 1. The van der Waals surface area contributed by atoms with Gasteiger partial charge < -0.3 is 10.1 Å². The predicted octanol–water partition coefficient (Wildman–Crippen LogP) is 3.23. The topological polar surface area (TPSA) is 111 Å². The van der Waals surface area contributed by atoms with Gasteiger partial charge in [0.05, 0.1) is 16.0 Å². The van der Waals surface area contributed by atoms with Crippen molar-refractivity contribution in [3.8, 4) is 0 Å². The minimum atomic E-state index is -1.00. The minimum absolute atomic E-state index is 0.00254. The van der Waals surface area contributed by atoms with E-state index < -0.39 is 34.9 Å². The third-order valence-corrected chi connectivity index (χ3v) is 3.29. The van der Waals surface area contributed by atoms with Crippen LogP contribution < -0.4 is 5.32 Å². The van der Waals surface area contributed by atoms with Gasteiger partial charge in [-0.15, -0.1) is 0 Å². The van der Waals surface area contributed by atoms with Crippen LogP contribution in [-0.4, -0.2) is 28.4 Å². The number of rotatable bonds is 5. The van der Waals surface area contributed by atoms with E-state index >= 15 is 0 Å². The van der Waals surface area contributed by atoms with Gasteiger partial charge in [0.15, 0.2) is 12.3 Å². The monoisotopic (exact) mass is 387 g/mol. The molecular formula is C14H8Cl2FN3O5. The number of nitrogens with zero attached hydrogens (tertiary/aromatic N) is 2. The van der Waals surface area contributed by atoms with E-state index in [4.69, 9.17) is 27.9 Å². The summed E-state index contributed by atoms with van der Waals surface area (Å²) in [5.41, 5.74) is -1.17. The molecule has 130 valence electrons. The molecule has 1 heterocycles. The molecule has 0 spiro atoms. The number of nitro benzene ring substituents is 1. The average Bonchev–Trinajstić information content (AvgIpc) is 2.56. The summed E-state index contributed by atoms with van der Waals surface area (Å²) in [6.07, 6.45) is 0. The first kappa shape index (κ1) is 18.6. The summed E-state index contributed by atoms with van der Waals surface area (Å²) in [6.45, 7) is -0.766. The molecule has 1 N–H and O–H groups in total. The van der Waals surface area contributed by atoms with Gasteiger partial charge >= 0.3 is 5.97 Å². The fourth-order valence-corrected chi connectivity index (χ4v) is 2.04. The van der Waals surface area contributed by atoms with Crippen molar-refractivity contribution in [2.75, 3.05) is 11.9 Å². The number of nitro groups is 1. The molecule has 0 atom stereocenters. The molecule has 2 aromatic rings. The number of ether oxygens (including phenoxy) is 1. The fraction of sp³-hybridized carbons (Fsp3) is 0.0714. The first-order valence-electron chi connectivity index (χ1n) is 6.51. The molecule has 1 aromatic carbocycles. The van der Waals surface area contributed by atoms with Crippen LogP contribution in [0.3, 0.4) is 0 Å². The Bertz CT molecular complexity index is 862. The zero-order valence-corrected chi connectivity index (χ0v) is 13.7. The molecule has 0 radical (unpaired) electrons. The van der Waals surface area contributed by atoms with Crippen molar-refractivity contribution in [2.24, 2.45) is 0 Å². The lowest BCUT2D eigenvalue weighted by atomic mass is 10.2. The Labute approximate surface area is 149 Å². The lowest BCUT2D eigenvalue weighted by Gasteiger charge is -2.07. The van der Waals surface area contributed by atoms with Gasteiger partial charge in [0, 0.05) is 0 Å². The van der Waals surface area contributed by atoms with Crippen LogP contribution in [0.2, 0.25) is 10.2 Å². The number of carbonyl (C=O) groups excluding carboxylic acids is 2. The van der Waals surface area contributed by atoms with Gasteiger partial charge in [0.2, 0.25) is 0 Å². The van der Waals surface area contributed by atoms with Gasteiger partial charge in [0.25, 0.3) is 11.6 Å². The Kier molecular flexibility index (Phi) is 5.84. The minimum Gasteiger partial charge on any atom is -0.451 e. The molecule has 0 aliphatic carbocycles. The van der Waals surface area contributed by atoms with Crippen LogP contribution in [0, 0.1) is 15.9 Å². The Hall–Kier alpha value is -2.78. The zero-order valence-electron chi connectivity index (χ0n) is 12.2. The summed E-state index contributed by atoms with van der Waals surface area (Å²) in [5, 5.41) is 13.0. The molecule has 0 fully saturated rings. The number of hydrogen-bond donors (Lipinski definition) is 1. The summed E-state index contributed by atoms with van der Waals surface area (Å²) in [6, 6.07) is 5.29. The molecule has 2 rings (SSSR count). The van der Waals surface area contributed by atoms with Gasteiger partial charge in [-0.2, -0.15) is 0 Å². The van der Waals surface area contributed by atoms with E-state index in [0.29, 0.717) is 6.07 Å². The number of hydrogen-bond acceptors (Lipinski definition) is 6. The van der Waals surface area contributed by atoms with Crippen molar-refractivity contribution >= 4 is 46.5 Å². The van der Waals surface area contributed by atoms with Crippen LogP contribution >= 0.6 is 23.2 Å². The fourth-order valence-electron chi connectivity index (χ4n) is 1.71. The van der Waals surface area contributed by atoms with Gasteiger partial charge in [-0.25, -0.2) is 14.2 Å². The molecule has 8 nitrogen and oxygen atoms in total. The molecule has 0 aliphatic rings. The Morgan fingerprint density at radius 1 is 1.28 bits per heavy atom. The van der Waals surface area contributed by atoms with Gasteiger partial charge in [0.1, 0.15) is 16.7 Å². The van der Waals surface area contributed by atoms with Gasteiger partial charge in [-0.05, 0) is 24.3 Å². The van der Waals surface area contributed by atoms with Crippen LogP contribution in [0.5, 0.6) is 0 Å². The molecule has 1 aromatic heterocycles. The van der Waals surface area contributed by atoms with Gasteiger partial charge in [-0.1, -0.05) is 23.2 Å². The van der Waals surface area contributed by atoms with Crippen LogP contribution in [0.15, 0.2) is 30.3 Å². The first-order chi connectivity index (χ1) is 11.8. The Morgan fingerprint density at radius 3 is 2.68 bits per heavy atom. The quantitative estimate of drug-likeness (QED) is 0.364. The molecule has 0 saturated carbocycles. The second kappa shape index (κ2) is 7.86. The largest absolute Gasteiger partial charge is 0.451 e. The number of amides is 1. The van der Waals surface area contributed by atoms with Crippen LogP contribution in [0.25, 0.3) is 0 Å². The SMILES string of the molecule is O=C(COC(=O)c1nc(Cl)ccc1Cl)Nc1ccc(F)cc1[N+](=O)[O-].